The van der Waals surface area contributed by atoms with Crippen LogP contribution in [0.5, 0.6) is 0 Å². The second-order valence-electron chi connectivity index (χ2n) is 5.48. The van der Waals surface area contributed by atoms with Crippen LogP contribution in [0.15, 0.2) is 0 Å². The maximum Gasteiger partial charge on any atom is 0.405 e. The first-order chi connectivity index (χ1) is 8.79. The van der Waals surface area contributed by atoms with Crippen molar-refractivity contribution < 1.29 is 18.0 Å². The summed E-state index contributed by atoms with van der Waals surface area (Å²) < 4.78 is 35.9. The highest BCUT2D eigenvalue weighted by Gasteiger charge is 2.29. The van der Waals surface area contributed by atoms with Crippen LogP contribution < -0.4 is 10.6 Å². The van der Waals surface area contributed by atoms with Crippen LogP contribution in [-0.4, -0.2) is 31.2 Å². The monoisotopic (exact) mass is 280 g/mol. The minimum Gasteiger partial charge on any atom is -0.346 e. The average Bonchev–Trinajstić information content (AvgIpc) is 2.33. The number of amides is 1. The lowest BCUT2D eigenvalue weighted by molar-refractivity contribution is -0.139. The molecule has 0 bridgehead atoms. The number of halogens is 3. The van der Waals surface area contributed by atoms with Crippen molar-refractivity contribution in [1.29, 1.82) is 0 Å². The Labute approximate surface area is 112 Å². The molecule has 2 N–H and O–H groups in total. The van der Waals surface area contributed by atoms with Gasteiger partial charge in [-0.05, 0) is 31.7 Å². The molecule has 0 aromatic carbocycles. The quantitative estimate of drug-likeness (QED) is 0.812. The highest BCUT2D eigenvalue weighted by Crippen LogP contribution is 2.28. The molecule has 3 nitrogen and oxygen atoms in total. The molecule has 112 valence electrons. The van der Waals surface area contributed by atoms with Gasteiger partial charge in [-0.3, -0.25) is 4.79 Å². The van der Waals surface area contributed by atoms with E-state index >= 15 is 0 Å². The smallest absolute Gasteiger partial charge is 0.346 e. The van der Waals surface area contributed by atoms with Gasteiger partial charge in [-0.15, -0.1) is 0 Å². The summed E-state index contributed by atoms with van der Waals surface area (Å²) in [5, 5.41) is 4.93. The van der Waals surface area contributed by atoms with Crippen molar-refractivity contribution in [1.82, 2.24) is 10.6 Å². The summed E-state index contributed by atoms with van der Waals surface area (Å²) in [4.78, 5) is 11.5. The molecule has 1 aliphatic carbocycles. The van der Waals surface area contributed by atoms with Crippen molar-refractivity contribution in [3.8, 4) is 0 Å². The number of hydrogen-bond donors (Lipinski definition) is 2. The van der Waals surface area contributed by atoms with Crippen LogP contribution in [-0.2, 0) is 4.79 Å². The Morgan fingerprint density at radius 1 is 1.32 bits per heavy atom. The van der Waals surface area contributed by atoms with E-state index in [9.17, 15) is 18.0 Å². The standard InChI is InChI=1S/C13H23F3N2O/c1-9-5-3-4-6-11(9)7-17-10(2)12(19)18-8-13(14,15)16/h9-11,17H,3-8H2,1-2H3,(H,18,19). The Balaban J connectivity index is 2.26. The lowest BCUT2D eigenvalue weighted by atomic mass is 9.80. The highest BCUT2D eigenvalue weighted by molar-refractivity contribution is 5.81. The fourth-order valence-electron chi connectivity index (χ4n) is 2.46. The summed E-state index contributed by atoms with van der Waals surface area (Å²) in [5.74, 6) is 0.541. The van der Waals surface area contributed by atoms with E-state index in [1.807, 2.05) is 5.32 Å². The number of nitrogens with one attached hydrogen (secondary N) is 2. The topological polar surface area (TPSA) is 41.1 Å². The van der Waals surface area contributed by atoms with E-state index in [1.54, 1.807) is 6.92 Å². The molecule has 0 heterocycles. The zero-order valence-corrected chi connectivity index (χ0v) is 11.5. The first-order valence-corrected chi connectivity index (χ1v) is 6.87. The third-order valence-corrected chi connectivity index (χ3v) is 3.83. The first-order valence-electron chi connectivity index (χ1n) is 6.87. The van der Waals surface area contributed by atoms with Crippen molar-refractivity contribution in [3.05, 3.63) is 0 Å². The second kappa shape index (κ2) is 7.12. The predicted octanol–water partition coefficient (Wildman–Crippen LogP) is 2.47. The molecule has 0 aliphatic heterocycles. The Hall–Kier alpha value is -0.780. The van der Waals surface area contributed by atoms with E-state index in [0.717, 1.165) is 6.42 Å². The van der Waals surface area contributed by atoms with E-state index in [1.165, 1.54) is 19.3 Å². The van der Waals surface area contributed by atoms with Gasteiger partial charge < -0.3 is 10.6 Å². The third kappa shape index (κ3) is 6.27. The summed E-state index contributed by atoms with van der Waals surface area (Å²) >= 11 is 0. The molecule has 3 unspecified atom stereocenters. The fraction of sp³-hybridized carbons (Fsp3) is 0.923. The van der Waals surface area contributed by atoms with E-state index in [2.05, 4.69) is 12.2 Å². The molecule has 3 atom stereocenters. The zero-order valence-electron chi connectivity index (χ0n) is 11.5. The molecule has 0 spiro atoms. The second-order valence-corrected chi connectivity index (χ2v) is 5.48. The van der Waals surface area contributed by atoms with Gasteiger partial charge in [0.25, 0.3) is 0 Å². The maximum atomic E-state index is 12.0. The van der Waals surface area contributed by atoms with Crippen molar-refractivity contribution in [2.75, 3.05) is 13.1 Å². The maximum absolute atomic E-state index is 12.0. The van der Waals surface area contributed by atoms with Gasteiger partial charge in [-0.2, -0.15) is 13.2 Å². The molecule has 1 amide bonds. The molecule has 6 heteroatoms. The molecule has 0 radical (unpaired) electrons. The van der Waals surface area contributed by atoms with Gasteiger partial charge in [0.2, 0.25) is 5.91 Å². The van der Waals surface area contributed by atoms with Gasteiger partial charge in [-0.1, -0.05) is 26.2 Å². The highest BCUT2D eigenvalue weighted by atomic mass is 19.4. The SMILES string of the molecule is CC(NCC1CCCCC1C)C(=O)NCC(F)(F)F. The Morgan fingerprint density at radius 3 is 2.53 bits per heavy atom. The summed E-state index contributed by atoms with van der Waals surface area (Å²) in [6, 6.07) is -0.587. The van der Waals surface area contributed by atoms with E-state index in [-0.39, 0.29) is 0 Å². The summed E-state index contributed by atoms with van der Waals surface area (Å²) in [7, 11) is 0. The lowest BCUT2D eigenvalue weighted by Crippen LogP contribution is -2.47. The Bertz CT molecular complexity index is 294. The molecular formula is C13H23F3N2O. The summed E-state index contributed by atoms with van der Waals surface area (Å²) in [6.07, 6.45) is 0.421. The number of rotatable bonds is 5. The lowest BCUT2D eigenvalue weighted by Gasteiger charge is -2.29. The van der Waals surface area contributed by atoms with Gasteiger partial charge in [-0.25, -0.2) is 0 Å². The van der Waals surface area contributed by atoms with Crippen molar-refractivity contribution in [2.24, 2.45) is 11.8 Å². The molecule has 0 saturated heterocycles. The fourth-order valence-corrected chi connectivity index (χ4v) is 2.46. The minimum atomic E-state index is -4.35. The van der Waals surface area contributed by atoms with Gasteiger partial charge in [0.1, 0.15) is 6.54 Å². The molecule has 1 saturated carbocycles. The van der Waals surface area contributed by atoms with Gasteiger partial charge in [0, 0.05) is 0 Å². The van der Waals surface area contributed by atoms with Crippen LogP contribution in [0, 0.1) is 11.8 Å². The first kappa shape index (κ1) is 16.3. The van der Waals surface area contributed by atoms with Crippen LogP contribution in [0.3, 0.4) is 0 Å². The van der Waals surface area contributed by atoms with Crippen LogP contribution in [0.1, 0.15) is 39.5 Å². The Kier molecular flexibility index (Phi) is 6.10. The molecule has 19 heavy (non-hydrogen) atoms. The molecule has 0 aromatic rings. The van der Waals surface area contributed by atoms with Gasteiger partial charge in [0.15, 0.2) is 0 Å². The summed E-state index contributed by atoms with van der Waals surface area (Å²) in [5.41, 5.74) is 0. The van der Waals surface area contributed by atoms with E-state index < -0.39 is 24.7 Å². The number of alkyl halides is 3. The molecule has 1 fully saturated rings. The minimum absolute atomic E-state index is 0.520. The van der Waals surface area contributed by atoms with Crippen LogP contribution >= 0.6 is 0 Å². The molecule has 1 aliphatic rings. The van der Waals surface area contributed by atoms with Crippen LogP contribution in [0.4, 0.5) is 13.2 Å². The number of carbonyl (C=O) groups is 1. The van der Waals surface area contributed by atoms with E-state index in [0.29, 0.717) is 18.4 Å². The number of carbonyl (C=O) groups excluding carboxylic acids is 1. The molecule has 0 aromatic heterocycles. The van der Waals surface area contributed by atoms with Crippen molar-refractivity contribution in [2.45, 2.75) is 51.7 Å². The predicted molar refractivity (Wildman–Crippen MR) is 67.7 cm³/mol. The van der Waals surface area contributed by atoms with Gasteiger partial charge in [0.05, 0.1) is 6.04 Å². The zero-order chi connectivity index (χ0) is 14.5. The normalized spacial score (nSPS) is 25.9. The van der Waals surface area contributed by atoms with E-state index in [4.69, 9.17) is 0 Å². The van der Waals surface area contributed by atoms with Crippen molar-refractivity contribution >= 4 is 5.91 Å². The largest absolute Gasteiger partial charge is 0.405 e. The number of hydrogen-bond acceptors (Lipinski definition) is 2. The van der Waals surface area contributed by atoms with Crippen molar-refractivity contribution in [3.63, 3.8) is 0 Å². The molecular weight excluding hydrogens is 257 g/mol. The average molecular weight is 280 g/mol. The van der Waals surface area contributed by atoms with Gasteiger partial charge >= 0.3 is 6.18 Å². The third-order valence-electron chi connectivity index (χ3n) is 3.83. The summed E-state index contributed by atoms with van der Waals surface area (Å²) in [6.45, 7) is 3.22. The van der Waals surface area contributed by atoms with Crippen LogP contribution in [0.2, 0.25) is 0 Å². The Morgan fingerprint density at radius 2 is 1.95 bits per heavy atom. The molecule has 1 rings (SSSR count). The van der Waals surface area contributed by atoms with Crippen LogP contribution in [0.25, 0.3) is 0 Å².